The number of aliphatic imine (C=N–C) groups is 1. The highest BCUT2D eigenvalue weighted by Crippen LogP contribution is 2.35. The predicted octanol–water partition coefficient (Wildman–Crippen LogP) is 4.06. The normalized spacial score (nSPS) is 20.9. The van der Waals surface area contributed by atoms with Crippen LogP contribution in [0.4, 0.5) is 11.4 Å². The van der Waals surface area contributed by atoms with Crippen LogP contribution in [0.15, 0.2) is 46.6 Å². The molecule has 1 aliphatic heterocycles. The van der Waals surface area contributed by atoms with Crippen LogP contribution in [-0.4, -0.2) is 51.3 Å². The maximum atomic E-state index is 5.04. The molecule has 4 heteroatoms. The maximum absolute atomic E-state index is 5.04. The van der Waals surface area contributed by atoms with Crippen molar-refractivity contribution in [1.82, 2.24) is 0 Å². The fourth-order valence-electron chi connectivity index (χ4n) is 4.23. The molecule has 0 N–H and O–H groups in total. The van der Waals surface area contributed by atoms with Gasteiger partial charge in [-0.05, 0) is 54.5 Å². The van der Waals surface area contributed by atoms with Crippen molar-refractivity contribution in [2.45, 2.75) is 39.8 Å². The third-order valence-electron chi connectivity index (χ3n) is 5.79. The van der Waals surface area contributed by atoms with Crippen molar-refractivity contribution in [3.63, 3.8) is 0 Å². The second-order valence-corrected chi connectivity index (χ2v) is 11.9. The van der Waals surface area contributed by atoms with Gasteiger partial charge in [0.2, 0.25) is 0 Å². The molecule has 0 aromatic heterocycles. The van der Waals surface area contributed by atoms with Crippen molar-refractivity contribution in [3.05, 3.63) is 41.6 Å². The zero-order valence-electron chi connectivity index (χ0n) is 17.1. The molecule has 1 aliphatic carbocycles. The maximum Gasteiger partial charge on any atom is 0.199 e. The van der Waals surface area contributed by atoms with Gasteiger partial charge in [-0.1, -0.05) is 19.9 Å². The number of fused-ring (bicyclic) bond motifs is 2. The van der Waals surface area contributed by atoms with Gasteiger partial charge in [0.15, 0.2) is 5.71 Å². The zero-order chi connectivity index (χ0) is 18.9. The molecule has 0 saturated heterocycles. The van der Waals surface area contributed by atoms with E-state index < -0.39 is 8.07 Å². The number of anilines is 1. The Morgan fingerprint density at radius 2 is 1.81 bits per heavy atom. The quantitative estimate of drug-likeness (QED) is 0.437. The highest BCUT2D eigenvalue weighted by atomic mass is 28.3. The molecular weight excluding hydrogens is 334 g/mol. The third kappa shape index (κ3) is 3.11. The van der Waals surface area contributed by atoms with Crippen molar-refractivity contribution in [2.75, 3.05) is 32.1 Å². The second-order valence-electron chi connectivity index (χ2n) is 7.66. The van der Waals surface area contributed by atoms with E-state index >= 15 is 0 Å². The van der Waals surface area contributed by atoms with E-state index in [-0.39, 0.29) is 0 Å². The van der Waals surface area contributed by atoms with Gasteiger partial charge >= 0.3 is 0 Å². The molecule has 1 atom stereocenters. The molecule has 0 bridgehead atoms. The van der Waals surface area contributed by atoms with Crippen molar-refractivity contribution in [3.8, 4) is 0 Å². The summed E-state index contributed by atoms with van der Waals surface area (Å²) in [6, 6.07) is 8.20. The van der Waals surface area contributed by atoms with Crippen LogP contribution < -0.4 is 10.1 Å². The summed E-state index contributed by atoms with van der Waals surface area (Å²) in [5.41, 5.74) is 4.98. The molecule has 1 heterocycles. The lowest BCUT2D eigenvalue weighted by atomic mass is 10.1. The summed E-state index contributed by atoms with van der Waals surface area (Å²) in [6.07, 6.45) is 8.02. The number of hydrogen-bond donors (Lipinski definition) is 0. The molecule has 1 unspecified atom stereocenters. The molecule has 0 spiro atoms. The van der Waals surface area contributed by atoms with Crippen molar-refractivity contribution in [2.24, 2.45) is 4.99 Å². The summed E-state index contributed by atoms with van der Waals surface area (Å²) < 4.78 is 2.20. The van der Waals surface area contributed by atoms with E-state index in [0.717, 1.165) is 13.1 Å². The third-order valence-corrected chi connectivity index (χ3v) is 10.5. The lowest BCUT2D eigenvalue weighted by molar-refractivity contribution is -0.462. The van der Waals surface area contributed by atoms with Gasteiger partial charge < -0.3 is 4.90 Å². The molecule has 138 valence electrons. The molecular formula is C22H32N3Si+. The average Bonchev–Trinajstić information content (AvgIpc) is 2.63. The van der Waals surface area contributed by atoms with Crippen molar-refractivity contribution < 1.29 is 4.58 Å². The van der Waals surface area contributed by atoms with Crippen LogP contribution in [0.2, 0.25) is 12.6 Å². The summed E-state index contributed by atoms with van der Waals surface area (Å²) >= 11 is 0. The molecule has 1 aromatic rings. The van der Waals surface area contributed by atoms with E-state index in [1.165, 1.54) is 45.6 Å². The van der Waals surface area contributed by atoms with Crippen LogP contribution >= 0.6 is 0 Å². The first-order valence-corrected chi connectivity index (χ1v) is 12.6. The molecule has 0 saturated carbocycles. The van der Waals surface area contributed by atoms with Crippen molar-refractivity contribution >= 4 is 36.1 Å². The van der Waals surface area contributed by atoms with Crippen LogP contribution in [0.3, 0.4) is 0 Å². The minimum atomic E-state index is -1.81. The average molecular weight is 367 g/mol. The minimum Gasteiger partial charge on any atom is -0.372 e. The Morgan fingerprint density at radius 1 is 1.08 bits per heavy atom. The molecule has 3 nitrogen and oxygen atoms in total. The standard InChI is InChI=1S/C22H32N3Si/c1-7-14-26(6)21-15-17(24(4)5)10-12-19(21)23-20-13-11-18(16-22(20)26)25(8-2)9-3/h10-13,15-16H,7-9,14H2,1-6H3/q+1. The first-order chi connectivity index (χ1) is 12.4. The largest absolute Gasteiger partial charge is 0.372 e. The predicted molar refractivity (Wildman–Crippen MR) is 118 cm³/mol. The van der Waals surface area contributed by atoms with Gasteiger partial charge in [0.1, 0.15) is 22.2 Å². The summed E-state index contributed by atoms with van der Waals surface area (Å²) in [5.74, 6) is 0. The van der Waals surface area contributed by atoms with Gasteiger partial charge in [-0.2, -0.15) is 0 Å². The van der Waals surface area contributed by atoms with Crippen LogP contribution in [-0.2, 0) is 0 Å². The number of benzene rings is 1. The van der Waals surface area contributed by atoms with E-state index in [2.05, 4.69) is 87.3 Å². The fraction of sp³-hybridized carbons (Fsp3) is 0.455. The Bertz CT molecular complexity index is 824. The lowest BCUT2D eigenvalue weighted by Crippen LogP contribution is -2.52. The molecule has 2 aliphatic rings. The van der Waals surface area contributed by atoms with Gasteiger partial charge in [-0.15, -0.1) is 0 Å². The summed E-state index contributed by atoms with van der Waals surface area (Å²) in [4.78, 5) is 7.47. The van der Waals surface area contributed by atoms with Crippen molar-refractivity contribution in [1.29, 1.82) is 0 Å². The van der Waals surface area contributed by atoms with Crippen LogP contribution in [0.5, 0.6) is 0 Å². The highest BCUT2D eigenvalue weighted by molar-refractivity contribution is 7.02. The van der Waals surface area contributed by atoms with Gasteiger partial charge in [0.25, 0.3) is 0 Å². The topological polar surface area (TPSA) is 18.6 Å². The minimum absolute atomic E-state index is 1.04. The highest BCUT2D eigenvalue weighted by Gasteiger charge is 2.41. The lowest BCUT2D eigenvalue weighted by Gasteiger charge is -2.37. The van der Waals surface area contributed by atoms with Crippen LogP contribution in [0, 0.1) is 0 Å². The number of rotatable bonds is 5. The molecule has 1 aromatic carbocycles. The van der Waals surface area contributed by atoms with Crippen LogP contribution in [0.1, 0.15) is 27.2 Å². The van der Waals surface area contributed by atoms with Crippen LogP contribution in [0.25, 0.3) is 0 Å². The van der Waals surface area contributed by atoms with E-state index in [4.69, 9.17) is 4.99 Å². The van der Waals surface area contributed by atoms with E-state index in [9.17, 15) is 0 Å². The molecule has 0 fully saturated rings. The Kier molecular flexibility index (Phi) is 5.33. The SMILES string of the molecule is CCC[Si]1(C)C2=CC(=[N+](C)C)C=CC2=Nc2ccc(N(CC)CC)cc21. The van der Waals surface area contributed by atoms with E-state index in [1.54, 1.807) is 0 Å². The van der Waals surface area contributed by atoms with Gasteiger partial charge in [0, 0.05) is 30.9 Å². The Balaban J connectivity index is 2.21. The fourth-order valence-corrected chi connectivity index (χ4v) is 8.41. The van der Waals surface area contributed by atoms with Gasteiger partial charge in [-0.25, -0.2) is 9.57 Å². The smallest absolute Gasteiger partial charge is 0.199 e. The first-order valence-electron chi connectivity index (χ1n) is 9.87. The summed E-state index contributed by atoms with van der Waals surface area (Å²) in [6.45, 7) is 11.4. The van der Waals surface area contributed by atoms with E-state index in [0.29, 0.717) is 0 Å². The summed E-state index contributed by atoms with van der Waals surface area (Å²) in [5, 5.41) is 3.00. The monoisotopic (exact) mass is 366 g/mol. The van der Waals surface area contributed by atoms with E-state index in [1.807, 2.05) is 0 Å². The Labute approximate surface area is 159 Å². The molecule has 0 radical (unpaired) electrons. The second kappa shape index (κ2) is 7.35. The zero-order valence-corrected chi connectivity index (χ0v) is 18.1. The Morgan fingerprint density at radius 3 is 2.42 bits per heavy atom. The Hall–Kier alpha value is -1.94. The van der Waals surface area contributed by atoms with Gasteiger partial charge in [-0.3, -0.25) is 0 Å². The first kappa shape index (κ1) is 18.8. The molecule has 3 rings (SSSR count). The molecule has 0 amide bonds. The summed E-state index contributed by atoms with van der Waals surface area (Å²) in [7, 11) is 2.43. The number of nitrogens with zero attached hydrogens (tertiary/aromatic N) is 3. The number of allylic oxidation sites excluding steroid dienone is 4. The number of hydrogen-bond acceptors (Lipinski definition) is 2. The molecule has 26 heavy (non-hydrogen) atoms. The van der Waals surface area contributed by atoms with Gasteiger partial charge in [0.05, 0.1) is 11.4 Å².